The van der Waals surface area contributed by atoms with Crippen LogP contribution in [0.25, 0.3) is 0 Å². The molecule has 0 unspecified atom stereocenters. The molecule has 2 aliphatic heterocycles. The van der Waals surface area contributed by atoms with Crippen LogP contribution in [-0.2, 0) is 19.0 Å². The first-order chi connectivity index (χ1) is 15.3. The van der Waals surface area contributed by atoms with Crippen LogP contribution in [0.1, 0.15) is 44.9 Å². The van der Waals surface area contributed by atoms with Crippen molar-refractivity contribution in [1.29, 1.82) is 0 Å². The fourth-order valence-electron chi connectivity index (χ4n) is 4.27. The highest BCUT2D eigenvalue weighted by atomic mass is 19.1. The Balaban J connectivity index is 1.67. The van der Waals surface area contributed by atoms with E-state index in [-0.39, 0.29) is 19.1 Å². The number of ether oxygens (including phenoxy) is 3. The third-order valence-corrected chi connectivity index (χ3v) is 6.15. The van der Waals surface area contributed by atoms with E-state index >= 15 is 0 Å². The molecule has 2 fully saturated rings. The fraction of sp³-hybridized carbons (Fsp3) is 0.952. The van der Waals surface area contributed by atoms with E-state index in [9.17, 15) is 34.7 Å². The van der Waals surface area contributed by atoms with Crippen molar-refractivity contribution in [3.8, 4) is 0 Å². The van der Waals surface area contributed by atoms with Gasteiger partial charge in [-0.3, -0.25) is 9.69 Å². The minimum Gasteiger partial charge on any atom is -0.469 e. The smallest absolute Gasteiger partial charge is 0.305 e. The van der Waals surface area contributed by atoms with Gasteiger partial charge in [-0.2, -0.15) is 0 Å². The van der Waals surface area contributed by atoms with Crippen LogP contribution in [0.4, 0.5) is 4.39 Å². The molecule has 0 spiro atoms. The van der Waals surface area contributed by atoms with Crippen molar-refractivity contribution in [1.82, 2.24) is 4.90 Å². The molecule has 5 N–H and O–H groups in total. The first-order valence-corrected chi connectivity index (χ1v) is 11.3. The van der Waals surface area contributed by atoms with E-state index in [1.54, 1.807) is 0 Å². The van der Waals surface area contributed by atoms with Crippen molar-refractivity contribution in [3.63, 3.8) is 0 Å². The van der Waals surface area contributed by atoms with Gasteiger partial charge in [0.1, 0.15) is 30.6 Å². The van der Waals surface area contributed by atoms with Crippen LogP contribution in [0.2, 0.25) is 0 Å². The van der Waals surface area contributed by atoms with Crippen molar-refractivity contribution in [2.45, 2.75) is 94.0 Å². The second-order valence-electron chi connectivity index (χ2n) is 8.54. The van der Waals surface area contributed by atoms with Crippen molar-refractivity contribution in [3.05, 3.63) is 0 Å². The second kappa shape index (κ2) is 13.7. The molecule has 0 amide bonds. The van der Waals surface area contributed by atoms with E-state index in [1.807, 2.05) is 0 Å². The average molecular weight is 468 g/mol. The zero-order valence-electron chi connectivity index (χ0n) is 18.6. The van der Waals surface area contributed by atoms with Crippen LogP contribution < -0.4 is 0 Å². The summed E-state index contributed by atoms with van der Waals surface area (Å²) in [6, 6.07) is -1.03. The predicted octanol–water partition coefficient (Wildman–Crippen LogP) is -0.910. The van der Waals surface area contributed by atoms with Gasteiger partial charge in [0.25, 0.3) is 0 Å². The van der Waals surface area contributed by atoms with Gasteiger partial charge in [-0.15, -0.1) is 0 Å². The van der Waals surface area contributed by atoms with Crippen LogP contribution >= 0.6 is 0 Å². The largest absolute Gasteiger partial charge is 0.469 e. The Labute approximate surface area is 187 Å². The summed E-state index contributed by atoms with van der Waals surface area (Å²) < 4.78 is 29.7. The predicted molar refractivity (Wildman–Crippen MR) is 110 cm³/mol. The highest BCUT2D eigenvalue weighted by molar-refractivity contribution is 5.68. The minimum atomic E-state index is -1.60. The van der Waals surface area contributed by atoms with Gasteiger partial charge in [-0.05, 0) is 12.8 Å². The highest BCUT2D eigenvalue weighted by Crippen LogP contribution is 2.29. The lowest BCUT2D eigenvalue weighted by atomic mass is 10.0. The number of esters is 1. The van der Waals surface area contributed by atoms with Gasteiger partial charge in [0.2, 0.25) is 0 Å². The van der Waals surface area contributed by atoms with E-state index < -0.39 is 55.6 Å². The van der Waals surface area contributed by atoms with Gasteiger partial charge in [-0.1, -0.05) is 25.7 Å². The maximum absolute atomic E-state index is 13.9. The third kappa shape index (κ3) is 7.56. The lowest BCUT2D eigenvalue weighted by Gasteiger charge is -2.31. The Morgan fingerprint density at radius 3 is 2.41 bits per heavy atom. The molecular weight excluding hydrogens is 429 g/mol. The number of likely N-dealkylation sites (tertiary alicyclic amines) is 1. The summed E-state index contributed by atoms with van der Waals surface area (Å²) in [6.45, 7) is -0.525. The zero-order valence-corrected chi connectivity index (χ0v) is 18.6. The molecule has 10 nitrogen and oxygen atoms in total. The molecule has 0 aromatic carbocycles. The quantitative estimate of drug-likeness (QED) is 0.161. The van der Waals surface area contributed by atoms with E-state index in [1.165, 1.54) is 12.0 Å². The number of methoxy groups -OCH3 is 1. The van der Waals surface area contributed by atoms with Crippen LogP contribution in [-0.4, -0.2) is 119 Å². The number of carbonyl (C=O) groups is 1. The van der Waals surface area contributed by atoms with Gasteiger partial charge in [0, 0.05) is 26.1 Å². The van der Waals surface area contributed by atoms with Gasteiger partial charge < -0.3 is 39.7 Å². The van der Waals surface area contributed by atoms with Crippen LogP contribution in [0.3, 0.4) is 0 Å². The molecule has 0 radical (unpaired) electrons. The average Bonchev–Trinajstić information content (AvgIpc) is 3.21. The number of nitrogens with zero attached hydrogens (tertiary/aromatic N) is 1. The standard InChI is InChI=1S/C21H38FNO9/c1-30-16(26)8-6-4-2-3-5-7-9-31-21-20(29)19(28)15(32-21)11-23-10-13(22)18(27)17(23)14(25)12-24/h13-15,17-21,24-25,27-29H,2-12H2,1H3/t13-,14+,15-,17+,18+,19-,20+,21+/m1/s1. The number of halogens is 1. The van der Waals surface area contributed by atoms with Gasteiger partial charge in [0.05, 0.1) is 25.9 Å². The number of carbonyl (C=O) groups excluding carboxylic acids is 1. The molecule has 8 atom stereocenters. The highest BCUT2D eigenvalue weighted by Gasteiger charge is 2.49. The lowest BCUT2D eigenvalue weighted by Crippen LogP contribution is -2.50. The molecular formula is C21H38FNO9. The first kappa shape index (κ1) is 27.3. The molecule has 188 valence electrons. The third-order valence-electron chi connectivity index (χ3n) is 6.15. The lowest BCUT2D eigenvalue weighted by molar-refractivity contribution is -0.169. The molecule has 0 aliphatic carbocycles. The number of hydrogen-bond acceptors (Lipinski definition) is 10. The van der Waals surface area contributed by atoms with Crippen molar-refractivity contribution in [2.24, 2.45) is 0 Å². The second-order valence-corrected chi connectivity index (χ2v) is 8.54. The molecule has 32 heavy (non-hydrogen) atoms. The first-order valence-electron chi connectivity index (χ1n) is 11.3. The molecule has 0 bridgehead atoms. The fourth-order valence-corrected chi connectivity index (χ4v) is 4.27. The van der Waals surface area contributed by atoms with Gasteiger partial charge in [0.15, 0.2) is 6.29 Å². The molecule has 0 saturated carbocycles. The SMILES string of the molecule is COC(=O)CCCCCCCCO[C@H]1O[C@H](CN2C[C@@H](F)[C@H](O)[C@@H]2[C@@H](O)CO)[C@@H](O)[C@@H]1O. The van der Waals surface area contributed by atoms with Gasteiger partial charge in [-0.25, -0.2) is 4.39 Å². The van der Waals surface area contributed by atoms with Crippen LogP contribution in [0.5, 0.6) is 0 Å². The summed E-state index contributed by atoms with van der Waals surface area (Å²) in [5.74, 6) is -0.195. The monoisotopic (exact) mass is 467 g/mol. The number of aliphatic hydroxyl groups is 5. The van der Waals surface area contributed by atoms with Crippen molar-refractivity contribution in [2.75, 3.05) is 33.4 Å². The molecule has 2 aliphatic rings. The number of unbranched alkanes of at least 4 members (excludes halogenated alkanes) is 5. The normalized spacial score (nSPS) is 34.2. The Hall–Kier alpha value is -0.920. The Bertz CT molecular complexity index is 557. The Morgan fingerprint density at radius 1 is 1.09 bits per heavy atom. The number of hydrogen-bond donors (Lipinski definition) is 5. The van der Waals surface area contributed by atoms with Crippen molar-refractivity contribution < 1.29 is 48.9 Å². The molecule has 2 heterocycles. The summed E-state index contributed by atoms with van der Waals surface area (Å²) in [7, 11) is 1.38. The molecule has 11 heteroatoms. The summed E-state index contributed by atoms with van der Waals surface area (Å²) in [5.41, 5.74) is 0. The molecule has 0 aromatic rings. The minimum absolute atomic E-state index is 0.0388. The topological polar surface area (TPSA) is 149 Å². The van der Waals surface area contributed by atoms with Gasteiger partial charge >= 0.3 is 5.97 Å². The van der Waals surface area contributed by atoms with E-state index in [4.69, 9.17) is 9.47 Å². The number of rotatable bonds is 14. The van der Waals surface area contributed by atoms with Crippen LogP contribution in [0.15, 0.2) is 0 Å². The molecule has 2 saturated heterocycles. The maximum Gasteiger partial charge on any atom is 0.305 e. The van der Waals surface area contributed by atoms with E-state index in [0.717, 1.165) is 38.5 Å². The summed E-state index contributed by atoms with van der Waals surface area (Å²) in [4.78, 5) is 12.4. The Kier molecular flexibility index (Phi) is 11.7. The number of alkyl halides is 1. The number of aliphatic hydroxyl groups excluding tert-OH is 5. The summed E-state index contributed by atoms with van der Waals surface area (Å²) in [6.07, 6.45) is -3.03. The van der Waals surface area contributed by atoms with E-state index in [2.05, 4.69) is 4.74 Å². The van der Waals surface area contributed by atoms with Crippen molar-refractivity contribution >= 4 is 5.97 Å². The molecule has 0 aromatic heterocycles. The maximum atomic E-state index is 13.9. The Morgan fingerprint density at radius 2 is 1.75 bits per heavy atom. The van der Waals surface area contributed by atoms with Crippen LogP contribution in [0, 0.1) is 0 Å². The molecule has 2 rings (SSSR count). The summed E-state index contributed by atoms with van der Waals surface area (Å²) >= 11 is 0. The summed E-state index contributed by atoms with van der Waals surface area (Å²) in [5, 5.41) is 49.6. The zero-order chi connectivity index (χ0) is 23.7. The van der Waals surface area contributed by atoms with E-state index in [0.29, 0.717) is 13.0 Å².